The van der Waals surface area contributed by atoms with Crippen LogP contribution >= 0.6 is 0 Å². The summed E-state index contributed by atoms with van der Waals surface area (Å²) in [4.78, 5) is 2.53. The Balaban J connectivity index is 1.94. The summed E-state index contributed by atoms with van der Waals surface area (Å²) in [6.07, 6.45) is 3.95. The third-order valence-electron chi connectivity index (χ3n) is 4.68. The van der Waals surface area contributed by atoms with Crippen molar-refractivity contribution in [1.29, 1.82) is 0 Å². The van der Waals surface area contributed by atoms with Crippen molar-refractivity contribution in [3.05, 3.63) is 23.2 Å². The van der Waals surface area contributed by atoms with Crippen LogP contribution in [0.4, 0.5) is 0 Å². The predicted molar refractivity (Wildman–Crippen MR) is 83.4 cm³/mol. The van der Waals surface area contributed by atoms with E-state index in [4.69, 9.17) is 10.2 Å². The largest absolute Gasteiger partial charge is 0.463 e. The normalized spacial score (nSPS) is 21.9. The minimum atomic E-state index is 0.435. The highest BCUT2D eigenvalue weighted by Crippen LogP contribution is 2.34. The molecule has 114 valence electrons. The zero-order valence-corrected chi connectivity index (χ0v) is 13.5. The summed E-state index contributed by atoms with van der Waals surface area (Å²) >= 11 is 0. The van der Waals surface area contributed by atoms with E-state index in [1.165, 1.54) is 37.9 Å². The number of aryl methyl sites for hydroxylation is 1. The summed E-state index contributed by atoms with van der Waals surface area (Å²) in [6, 6.07) is 2.15. The van der Waals surface area contributed by atoms with Gasteiger partial charge in [-0.15, -0.1) is 0 Å². The van der Waals surface area contributed by atoms with Crippen LogP contribution in [0.2, 0.25) is 0 Å². The highest BCUT2D eigenvalue weighted by molar-refractivity contribution is 5.19. The first-order valence-corrected chi connectivity index (χ1v) is 7.90. The van der Waals surface area contributed by atoms with Crippen LogP contribution in [-0.4, -0.2) is 18.0 Å². The summed E-state index contributed by atoms with van der Waals surface area (Å²) < 4.78 is 5.83. The molecule has 0 spiro atoms. The van der Waals surface area contributed by atoms with Crippen LogP contribution in [0.5, 0.6) is 0 Å². The van der Waals surface area contributed by atoms with Crippen LogP contribution in [0.3, 0.4) is 0 Å². The van der Waals surface area contributed by atoms with Gasteiger partial charge in [0.1, 0.15) is 11.5 Å². The maximum absolute atomic E-state index is 5.83. The summed E-state index contributed by atoms with van der Waals surface area (Å²) in [5.74, 6) is 2.84. The minimum Gasteiger partial charge on any atom is -0.463 e. The van der Waals surface area contributed by atoms with Crippen LogP contribution in [-0.2, 0) is 13.1 Å². The molecule has 1 saturated heterocycles. The summed E-state index contributed by atoms with van der Waals surface area (Å²) in [7, 11) is 0. The first-order chi connectivity index (χ1) is 9.40. The molecular weight excluding hydrogens is 248 g/mol. The first kappa shape index (κ1) is 15.6. The number of rotatable bonds is 3. The molecule has 3 heteroatoms. The van der Waals surface area contributed by atoms with Gasteiger partial charge in [0.05, 0.1) is 13.1 Å². The van der Waals surface area contributed by atoms with Gasteiger partial charge in [-0.2, -0.15) is 0 Å². The molecule has 1 aliphatic rings. The molecule has 0 aliphatic carbocycles. The van der Waals surface area contributed by atoms with Gasteiger partial charge in [0, 0.05) is 0 Å². The second-order valence-electron chi connectivity index (χ2n) is 7.29. The molecule has 20 heavy (non-hydrogen) atoms. The molecule has 3 nitrogen and oxygen atoms in total. The lowest BCUT2D eigenvalue weighted by Crippen LogP contribution is -2.25. The van der Waals surface area contributed by atoms with Gasteiger partial charge >= 0.3 is 0 Å². The lowest BCUT2D eigenvalue weighted by Gasteiger charge is -2.29. The maximum atomic E-state index is 5.83. The molecule has 1 aromatic heterocycles. The van der Waals surface area contributed by atoms with E-state index in [0.717, 1.165) is 24.0 Å². The molecule has 1 fully saturated rings. The van der Waals surface area contributed by atoms with Gasteiger partial charge in [-0.25, -0.2) is 0 Å². The molecule has 2 rings (SSSR count). The van der Waals surface area contributed by atoms with Crippen molar-refractivity contribution in [2.24, 2.45) is 17.1 Å². The molecule has 0 saturated carbocycles. The third kappa shape index (κ3) is 3.86. The van der Waals surface area contributed by atoms with Crippen molar-refractivity contribution >= 4 is 0 Å². The zero-order valence-electron chi connectivity index (χ0n) is 13.5. The molecule has 0 bridgehead atoms. The van der Waals surface area contributed by atoms with E-state index >= 15 is 0 Å². The van der Waals surface area contributed by atoms with Crippen molar-refractivity contribution < 1.29 is 4.42 Å². The van der Waals surface area contributed by atoms with Gasteiger partial charge in [0.2, 0.25) is 0 Å². The first-order valence-electron chi connectivity index (χ1n) is 7.90. The molecule has 1 aliphatic heterocycles. The van der Waals surface area contributed by atoms with Crippen molar-refractivity contribution in [2.45, 2.75) is 60.0 Å². The number of nitrogens with zero attached hydrogens (tertiary/aromatic N) is 1. The lowest BCUT2D eigenvalue weighted by atomic mass is 9.77. The second-order valence-corrected chi connectivity index (χ2v) is 7.29. The smallest absolute Gasteiger partial charge is 0.120 e. The topological polar surface area (TPSA) is 42.4 Å². The maximum Gasteiger partial charge on any atom is 0.120 e. The third-order valence-corrected chi connectivity index (χ3v) is 4.68. The summed E-state index contributed by atoms with van der Waals surface area (Å²) in [5.41, 5.74) is 7.30. The van der Waals surface area contributed by atoms with Crippen molar-refractivity contribution in [3.63, 3.8) is 0 Å². The fraction of sp³-hybridized carbons (Fsp3) is 0.765. The van der Waals surface area contributed by atoms with Gasteiger partial charge in [-0.3, -0.25) is 4.90 Å². The molecule has 2 heterocycles. The number of hydrogen-bond donors (Lipinski definition) is 1. The number of likely N-dealkylation sites (tertiary alicyclic amines) is 1. The average Bonchev–Trinajstić information content (AvgIpc) is 2.58. The predicted octanol–water partition coefficient (Wildman–Crippen LogP) is 3.69. The van der Waals surface area contributed by atoms with Crippen molar-refractivity contribution in [3.8, 4) is 0 Å². The summed E-state index contributed by atoms with van der Waals surface area (Å²) in [5, 5.41) is 0. The minimum absolute atomic E-state index is 0.435. The molecule has 0 radical (unpaired) electrons. The zero-order chi connectivity index (χ0) is 14.8. The average molecular weight is 278 g/mol. The van der Waals surface area contributed by atoms with Crippen LogP contribution in [0.25, 0.3) is 0 Å². The van der Waals surface area contributed by atoms with Gasteiger partial charge in [-0.1, -0.05) is 20.8 Å². The molecule has 0 aromatic carbocycles. The lowest BCUT2D eigenvalue weighted by molar-refractivity contribution is 0.202. The Morgan fingerprint density at radius 3 is 2.65 bits per heavy atom. The SMILES string of the molecule is Cc1cc(CN2CCCC(C(C)(C)C)CC2)oc1CN. The van der Waals surface area contributed by atoms with E-state index in [-0.39, 0.29) is 0 Å². The van der Waals surface area contributed by atoms with Gasteiger partial charge in [-0.05, 0) is 62.2 Å². The van der Waals surface area contributed by atoms with E-state index in [1.807, 2.05) is 0 Å². The molecule has 1 unspecified atom stereocenters. The standard InChI is InChI=1S/C17H30N2O/c1-13-10-15(20-16(13)11-18)12-19-8-5-6-14(7-9-19)17(2,3)4/h10,14H,5-9,11-12,18H2,1-4H3. The highest BCUT2D eigenvalue weighted by atomic mass is 16.3. The van der Waals surface area contributed by atoms with E-state index in [0.29, 0.717) is 12.0 Å². The quantitative estimate of drug-likeness (QED) is 0.917. The van der Waals surface area contributed by atoms with E-state index in [9.17, 15) is 0 Å². The van der Waals surface area contributed by atoms with Gasteiger partial charge < -0.3 is 10.2 Å². The number of nitrogens with two attached hydrogens (primary N) is 1. The second kappa shape index (κ2) is 6.31. The van der Waals surface area contributed by atoms with Crippen LogP contribution in [0, 0.1) is 18.3 Å². The van der Waals surface area contributed by atoms with Gasteiger partial charge in [0.25, 0.3) is 0 Å². The fourth-order valence-electron chi connectivity index (χ4n) is 3.27. The van der Waals surface area contributed by atoms with Crippen LogP contribution < -0.4 is 5.73 Å². The van der Waals surface area contributed by atoms with Crippen LogP contribution in [0.15, 0.2) is 10.5 Å². The van der Waals surface area contributed by atoms with Crippen molar-refractivity contribution in [1.82, 2.24) is 4.90 Å². The van der Waals surface area contributed by atoms with Gasteiger partial charge in [0.15, 0.2) is 0 Å². The van der Waals surface area contributed by atoms with Crippen LogP contribution in [0.1, 0.15) is 57.1 Å². The number of hydrogen-bond acceptors (Lipinski definition) is 3. The molecule has 1 atom stereocenters. The Kier molecular flexibility index (Phi) is 4.92. The Bertz CT molecular complexity index is 431. The van der Waals surface area contributed by atoms with Crippen molar-refractivity contribution in [2.75, 3.05) is 13.1 Å². The Labute approximate surface area is 123 Å². The monoisotopic (exact) mass is 278 g/mol. The Morgan fingerprint density at radius 1 is 1.30 bits per heavy atom. The fourth-order valence-corrected chi connectivity index (χ4v) is 3.27. The van der Waals surface area contributed by atoms with E-state index < -0.39 is 0 Å². The number of furan rings is 1. The Morgan fingerprint density at radius 2 is 2.05 bits per heavy atom. The van der Waals surface area contributed by atoms with E-state index in [1.54, 1.807) is 0 Å². The highest BCUT2D eigenvalue weighted by Gasteiger charge is 2.27. The molecule has 1 aromatic rings. The summed E-state index contributed by atoms with van der Waals surface area (Å²) in [6.45, 7) is 13.0. The Hall–Kier alpha value is -0.800. The molecular formula is C17H30N2O. The molecule has 2 N–H and O–H groups in total. The molecule has 0 amide bonds. The van der Waals surface area contributed by atoms with E-state index in [2.05, 4.69) is 38.7 Å².